The first kappa shape index (κ1) is 17.3. The normalized spacial score (nSPS) is 15.6. The molecule has 0 aromatic heterocycles. The third kappa shape index (κ3) is 5.56. The highest BCUT2D eigenvalue weighted by Gasteiger charge is 2.19. The molecule has 0 spiro atoms. The van der Waals surface area contributed by atoms with Gasteiger partial charge in [-0.2, -0.15) is 0 Å². The molecule has 1 saturated heterocycles. The Kier molecular flexibility index (Phi) is 6.40. The van der Waals surface area contributed by atoms with E-state index >= 15 is 0 Å². The number of amidine groups is 1. The molecule has 0 saturated carbocycles. The van der Waals surface area contributed by atoms with Gasteiger partial charge in [-0.3, -0.25) is 10.2 Å². The third-order valence-corrected chi connectivity index (χ3v) is 4.40. The fourth-order valence-corrected chi connectivity index (χ4v) is 2.96. The summed E-state index contributed by atoms with van der Waals surface area (Å²) in [6.07, 6.45) is 3.62. The maximum Gasteiger partial charge on any atom is 0.304 e. The summed E-state index contributed by atoms with van der Waals surface area (Å²) in [5, 5.41) is 19.2. The van der Waals surface area contributed by atoms with Crippen LogP contribution in [0.2, 0.25) is 0 Å². The van der Waals surface area contributed by atoms with E-state index in [0.29, 0.717) is 12.5 Å². The summed E-state index contributed by atoms with van der Waals surface area (Å²) >= 11 is 0. The second-order valence-electron chi connectivity index (χ2n) is 6.07. The number of benzene rings is 1. The van der Waals surface area contributed by atoms with Gasteiger partial charge in [0.1, 0.15) is 5.84 Å². The number of nitrogen functional groups attached to an aromatic ring is 1. The smallest absolute Gasteiger partial charge is 0.304 e. The molecule has 5 N–H and O–H groups in total. The van der Waals surface area contributed by atoms with Crippen LogP contribution in [0.4, 0.5) is 5.69 Å². The van der Waals surface area contributed by atoms with Gasteiger partial charge in [-0.25, -0.2) is 0 Å². The molecule has 1 aliphatic heterocycles. The Labute approximate surface area is 137 Å². The number of carbonyl (C=O) groups is 1. The minimum Gasteiger partial charge on any atom is -0.481 e. The van der Waals surface area contributed by atoms with E-state index in [-0.39, 0.29) is 12.3 Å². The Morgan fingerprint density at radius 1 is 1.26 bits per heavy atom. The van der Waals surface area contributed by atoms with E-state index in [1.54, 1.807) is 0 Å². The molecule has 0 unspecified atom stereocenters. The van der Waals surface area contributed by atoms with Crippen LogP contribution in [0.3, 0.4) is 0 Å². The van der Waals surface area contributed by atoms with Crippen molar-refractivity contribution in [1.29, 1.82) is 5.41 Å². The lowest BCUT2D eigenvalue weighted by atomic mass is 9.93. The molecule has 1 aromatic rings. The van der Waals surface area contributed by atoms with Crippen molar-refractivity contribution in [3.05, 3.63) is 29.8 Å². The lowest BCUT2D eigenvalue weighted by Gasteiger charge is -2.33. The number of hydrogen-bond donors (Lipinski definition) is 4. The third-order valence-electron chi connectivity index (χ3n) is 4.40. The molecule has 1 aromatic carbocycles. The van der Waals surface area contributed by atoms with E-state index in [9.17, 15) is 4.79 Å². The fraction of sp³-hybridized carbons (Fsp3) is 0.529. The Balaban J connectivity index is 1.69. The summed E-state index contributed by atoms with van der Waals surface area (Å²) in [6.45, 7) is 3.53. The molecule has 1 aliphatic rings. The van der Waals surface area contributed by atoms with Crippen molar-refractivity contribution in [2.45, 2.75) is 25.7 Å². The monoisotopic (exact) mass is 318 g/mol. The molecule has 0 bridgehead atoms. The molecule has 23 heavy (non-hydrogen) atoms. The predicted molar refractivity (Wildman–Crippen MR) is 92.1 cm³/mol. The number of nitrogens with zero attached hydrogens (tertiary/aromatic N) is 1. The van der Waals surface area contributed by atoms with Gasteiger partial charge in [-0.1, -0.05) is 0 Å². The van der Waals surface area contributed by atoms with Crippen molar-refractivity contribution in [1.82, 2.24) is 5.32 Å². The van der Waals surface area contributed by atoms with E-state index in [0.717, 1.165) is 44.5 Å². The second-order valence-corrected chi connectivity index (χ2v) is 6.07. The van der Waals surface area contributed by atoms with Gasteiger partial charge in [0.2, 0.25) is 0 Å². The molecule has 1 heterocycles. The average Bonchev–Trinajstić information content (AvgIpc) is 2.55. The molecule has 0 radical (unpaired) electrons. The van der Waals surface area contributed by atoms with Crippen LogP contribution in [0.5, 0.6) is 0 Å². The summed E-state index contributed by atoms with van der Waals surface area (Å²) < 4.78 is 0. The first-order valence-electron chi connectivity index (χ1n) is 8.18. The number of piperidine rings is 1. The minimum atomic E-state index is -0.749. The highest BCUT2D eigenvalue weighted by atomic mass is 16.4. The van der Waals surface area contributed by atoms with Crippen molar-refractivity contribution in [3.63, 3.8) is 0 Å². The molecule has 0 aliphatic carbocycles. The molecule has 0 amide bonds. The number of rotatable bonds is 8. The lowest BCUT2D eigenvalue weighted by molar-refractivity contribution is -0.136. The van der Waals surface area contributed by atoms with Gasteiger partial charge in [-0.05, 0) is 56.0 Å². The van der Waals surface area contributed by atoms with Crippen LogP contribution < -0.4 is 16.0 Å². The van der Waals surface area contributed by atoms with Crippen LogP contribution in [0.25, 0.3) is 0 Å². The number of anilines is 1. The fourth-order valence-electron chi connectivity index (χ4n) is 2.96. The zero-order chi connectivity index (χ0) is 16.7. The number of carboxylic acids is 1. The summed E-state index contributed by atoms with van der Waals surface area (Å²) in [6, 6.07) is 7.86. The quantitative estimate of drug-likeness (QED) is 0.331. The van der Waals surface area contributed by atoms with Crippen LogP contribution in [-0.4, -0.2) is 43.1 Å². The second kappa shape index (κ2) is 8.53. The topological polar surface area (TPSA) is 102 Å². The number of nitrogens with two attached hydrogens (primary N) is 1. The lowest BCUT2D eigenvalue weighted by Crippen LogP contribution is -2.34. The minimum absolute atomic E-state index is 0.102. The number of carboxylic acid groups (broad SMARTS) is 1. The SMILES string of the molecule is N=C(N)c1ccc(N2CCC(CCNCCC(=O)O)CC2)cc1. The molecule has 0 atom stereocenters. The Hall–Kier alpha value is -2.08. The zero-order valence-electron chi connectivity index (χ0n) is 13.4. The predicted octanol–water partition coefficient (Wildman–Crippen LogP) is 1.64. The van der Waals surface area contributed by atoms with Gasteiger partial charge in [0.25, 0.3) is 0 Å². The van der Waals surface area contributed by atoms with Gasteiger partial charge in [-0.15, -0.1) is 0 Å². The molecule has 6 heteroatoms. The van der Waals surface area contributed by atoms with Crippen molar-refractivity contribution >= 4 is 17.5 Å². The van der Waals surface area contributed by atoms with Gasteiger partial charge in [0, 0.05) is 30.9 Å². The van der Waals surface area contributed by atoms with Gasteiger partial charge in [0.15, 0.2) is 0 Å². The van der Waals surface area contributed by atoms with Crippen LogP contribution in [0.15, 0.2) is 24.3 Å². The van der Waals surface area contributed by atoms with Crippen molar-refractivity contribution in [2.24, 2.45) is 11.7 Å². The van der Waals surface area contributed by atoms with E-state index in [2.05, 4.69) is 10.2 Å². The molecule has 6 nitrogen and oxygen atoms in total. The van der Waals surface area contributed by atoms with Gasteiger partial charge < -0.3 is 21.1 Å². The highest BCUT2D eigenvalue weighted by molar-refractivity contribution is 5.95. The molecular formula is C17H26N4O2. The van der Waals surface area contributed by atoms with Crippen molar-refractivity contribution < 1.29 is 9.90 Å². The maximum absolute atomic E-state index is 10.4. The van der Waals surface area contributed by atoms with Crippen molar-refractivity contribution in [3.8, 4) is 0 Å². The summed E-state index contributed by atoms with van der Waals surface area (Å²) in [7, 11) is 0. The van der Waals surface area contributed by atoms with Gasteiger partial charge in [0.05, 0.1) is 6.42 Å². The van der Waals surface area contributed by atoms with Crippen LogP contribution in [0, 0.1) is 11.3 Å². The summed E-state index contributed by atoms with van der Waals surface area (Å²) in [5.74, 6) is 0.0623. The number of hydrogen-bond acceptors (Lipinski definition) is 4. The van der Waals surface area contributed by atoms with Gasteiger partial charge >= 0.3 is 5.97 Å². The molecule has 126 valence electrons. The van der Waals surface area contributed by atoms with Crippen LogP contribution in [-0.2, 0) is 4.79 Å². The summed E-state index contributed by atoms with van der Waals surface area (Å²) in [4.78, 5) is 12.8. The molecular weight excluding hydrogens is 292 g/mol. The first-order valence-corrected chi connectivity index (χ1v) is 8.18. The number of aliphatic carboxylic acids is 1. The Bertz CT molecular complexity index is 522. The molecule has 2 rings (SSSR count). The van der Waals surface area contributed by atoms with E-state index in [1.807, 2.05) is 24.3 Å². The summed E-state index contributed by atoms with van der Waals surface area (Å²) in [5.41, 5.74) is 7.42. The highest BCUT2D eigenvalue weighted by Crippen LogP contribution is 2.25. The van der Waals surface area contributed by atoms with E-state index in [4.69, 9.17) is 16.2 Å². The maximum atomic E-state index is 10.4. The Morgan fingerprint density at radius 2 is 1.91 bits per heavy atom. The van der Waals surface area contributed by atoms with Crippen LogP contribution >= 0.6 is 0 Å². The largest absolute Gasteiger partial charge is 0.481 e. The van der Waals surface area contributed by atoms with E-state index in [1.165, 1.54) is 5.69 Å². The Morgan fingerprint density at radius 3 is 2.48 bits per heavy atom. The standard InChI is InChI=1S/C17H26N4O2/c18-17(19)14-1-3-15(4-2-14)21-11-7-13(8-12-21)5-9-20-10-6-16(22)23/h1-4,13,20H,5-12H2,(H3,18,19)(H,22,23). The van der Waals surface area contributed by atoms with E-state index < -0.39 is 5.97 Å². The van der Waals surface area contributed by atoms with Crippen molar-refractivity contribution in [2.75, 3.05) is 31.1 Å². The van der Waals surface area contributed by atoms with Crippen LogP contribution in [0.1, 0.15) is 31.2 Å². The zero-order valence-corrected chi connectivity index (χ0v) is 13.4. The first-order chi connectivity index (χ1) is 11.1. The number of nitrogens with one attached hydrogen (secondary N) is 2. The molecule has 1 fully saturated rings. The average molecular weight is 318 g/mol.